The number of hydrogen-bond acceptors (Lipinski definition) is 4. The van der Waals surface area contributed by atoms with Crippen molar-refractivity contribution in [2.24, 2.45) is 0 Å². The van der Waals surface area contributed by atoms with E-state index in [2.05, 4.69) is 10.6 Å². The maximum atomic E-state index is 14.2. The predicted molar refractivity (Wildman–Crippen MR) is 129 cm³/mol. The molecule has 0 spiro atoms. The van der Waals surface area contributed by atoms with Gasteiger partial charge in [0.25, 0.3) is 5.91 Å². The Morgan fingerprint density at radius 2 is 1.63 bits per heavy atom. The molecule has 180 valence electrons. The number of aliphatic carboxylic acids is 1. The van der Waals surface area contributed by atoms with E-state index >= 15 is 0 Å². The molecule has 0 radical (unpaired) electrons. The number of halogens is 1. The molecular formula is C27H25FN2O5. The van der Waals surface area contributed by atoms with Crippen LogP contribution in [0.15, 0.2) is 66.7 Å². The number of benzene rings is 3. The van der Waals surface area contributed by atoms with Gasteiger partial charge in [-0.3, -0.25) is 10.1 Å². The molecule has 0 aliphatic heterocycles. The van der Waals surface area contributed by atoms with E-state index in [0.717, 1.165) is 34.4 Å². The summed E-state index contributed by atoms with van der Waals surface area (Å²) in [6.45, 7) is 1.88. The van der Waals surface area contributed by atoms with Gasteiger partial charge in [-0.1, -0.05) is 61.9 Å². The van der Waals surface area contributed by atoms with Gasteiger partial charge in [0.2, 0.25) is 0 Å². The minimum atomic E-state index is -1.17. The van der Waals surface area contributed by atoms with E-state index in [9.17, 15) is 23.9 Å². The molecule has 7 nitrogen and oxygen atoms in total. The first-order chi connectivity index (χ1) is 16.9. The van der Waals surface area contributed by atoms with Crippen molar-refractivity contribution >= 4 is 23.7 Å². The maximum absolute atomic E-state index is 14.2. The normalized spacial score (nSPS) is 12.9. The Morgan fingerprint density at radius 3 is 2.23 bits per heavy atom. The molecule has 0 aromatic heterocycles. The number of ether oxygens (including phenoxy) is 1. The van der Waals surface area contributed by atoms with Crippen molar-refractivity contribution in [2.75, 3.05) is 11.9 Å². The van der Waals surface area contributed by atoms with E-state index in [-0.39, 0.29) is 30.2 Å². The number of carboxylic acid groups (broad SMARTS) is 1. The lowest BCUT2D eigenvalue weighted by Gasteiger charge is -2.15. The summed E-state index contributed by atoms with van der Waals surface area (Å²) in [5, 5.41) is 14.1. The third-order valence-electron chi connectivity index (χ3n) is 5.93. The summed E-state index contributed by atoms with van der Waals surface area (Å²) < 4.78 is 19.6. The first kappa shape index (κ1) is 23.9. The van der Waals surface area contributed by atoms with Crippen molar-refractivity contribution in [3.05, 3.63) is 89.2 Å². The summed E-state index contributed by atoms with van der Waals surface area (Å²) in [6.07, 6.45) is -0.00539. The molecule has 8 heteroatoms. The number of carbonyl (C=O) groups excluding carboxylic acids is 2. The highest BCUT2D eigenvalue weighted by Crippen LogP contribution is 2.44. The summed E-state index contributed by atoms with van der Waals surface area (Å²) in [4.78, 5) is 36.3. The van der Waals surface area contributed by atoms with E-state index in [0.29, 0.717) is 6.42 Å². The molecule has 0 bridgehead atoms. The second-order valence-electron chi connectivity index (χ2n) is 8.33. The third kappa shape index (κ3) is 5.32. The predicted octanol–water partition coefficient (Wildman–Crippen LogP) is 5.17. The summed E-state index contributed by atoms with van der Waals surface area (Å²) in [5.74, 6) is -2.81. The quantitative estimate of drug-likeness (QED) is 0.416. The van der Waals surface area contributed by atoms with Gasteiger partial charge in [-0.15, -0.1) is 0 Å². The zero-order valence-electron chi connectivity index (χ0n) is 19.1. The van der Waals surface area contributed by atoms with Crippen LogP contribution in [0.4, 0.5) is 14.9 Å². The molecule has 4 rings (SSSR count). The van der Waals surface area contributed by atoms with Crippen LogP contribution in [0.2, 0.25) is 0 Å². The van der Waals surface area contributed by atoms with Crippen molar-refractivity contribution < 1.29 is 28.6 Å². The minimum absolute atomic E-state index is 0.0229. The van der Waals surface area contributed by atoms with Gasteiger partial charge in [0.05, 0.1) is 0 Å². The van der Waals surface area contributed by atoms with Crippen molar-refractivity contribution in [2.45, 2.75) is 31.7 Å². The average molecular weight is 477 g/mol. The second kappa shape index (κ2) is 10.4. The topological polar surface area (TPSA) is 105 Å². The molecule has 0 saturated heterocycles. The van der Waals surface area contributed by atoms with Gasteiger partial charge < -0.3 is 15.2 Å². The van der Waals surface area contributed by atoms with E-state index in [1.165, 1.54) is 6.07 Å². The fourth-order valence-corrected chi connectivity index (χ4v) is 4.33. The maximum Gasteiger partial charge on any atom is 0.411 e. The smallest absolute Gasteiger partial charge is 0.411 e. The number of carboxylic acids is 1. The average Bonchev–Trinajstić information content (AvgIpc) is 3.15. The Labute approximate surface area is 201 Å². The fourth-order valence-electron chi connectivity index (χ4n) is 4.33. The summed E-state index contributed by atoms with van der Waals surface area (Å²) in [7, 11) is 0. The lowest BCUT2D eigenvalue weighted by Crippen LogP contribution is -2.40. The number of amides is 2. The Morgan fingerprint density at radius 1 is 1.00 bits per heavy atom. The van der Waals surface area contributed by atoms with E-state index in [1.807, 2.05) is 48.5 Å². The Kier molecular flexibility index (Phi) is 7.10. The largest absolute Gasteiger partial charge is 0.480 e. The highest BCUT2D eigenvalue weighted by molar-refractivity contribution is 5.98. The van der Waals surface area contributed by atoms with Crippen LogP contribution in [0.5, 0.6) is 0 Å². The fraction of sp³-hybridized carbons (Fsp3) is 0.222. The highest BCUT2D eigenvalue weighted by atomic mass is 19.1. The lowest BCUT2D eigenvalue weighted by atomic mass is 9.98. The van der Waals surface area contributed by atoms with Gasteiger partial charge in [-0.05, 0) is 46.9 Å². The van der Waals surface area contributed by atoms with Crippen LogP contribution in [-0.2, 0) is 9.53 Å². The number of hydrogen-bond donors (Lipinski definition) is 3. The minimum Gasteiger partial charge on any atom is -0.480 e. The van der Waals surface area contributed by atoms with Crippen LogP contribution >= 0.6 is 0 Å². The van der Waals surface area contributed by atoms with Gasteiger partial charge in [-0.2, -0.15) is 0 Å². The van der Waals surface area contributed by atoms with Crippen molar-refractivity contribution in [1.82, 2.24) is 5.32 Å². The molecule has 1 aliphatic carbocycles. The highest BCUT2D eigenvalue weighted by Gasteiger charge is 2.29. The summed E-state index contributed by atoms with van der Waals surface area (Å²) in [6, 6.07) is 18.1. The Balaban J connectivity index is 1.43. The molecule has 1 aliphatic rings. The van der Waals surface area contributed by atoms with Crippen molar-refractivity contribution in [1.29, 1.82) is 0 Å². The van der Waals surface area contributed by atoms with Crippen molar-refractivity contribution in [3.63, 3.8) is 0 Å². The van der Waals surface area contributed by atoms with Gasteiger partial charge in [0.15, 0.2) is 0 Å². The zero-order valence-corrected chi connectivity index (χ0v) is 19.1. The molecule has 3 aromatic carbocycles. The Hall–Kier alpha value is -4.20. The number of rotatable bonds is 8. The second-order valence-corrected chi connectivity index (χ2v) is 8.33. The van der Waals surface area contributed by atoms with Crippen LogP contribution in [0.1, 0.15) is 47.2 Å². The molecule has 0 saturated carbocycles. The lowest BCUT2D eigenvalue weighted by molar-refractivity contribution is -0.139. The van der Waals surface area contributed by atoms with Crippen LogP contribution in [-0.4, -0.2) is 35.7 Å². The van der Waals surface area contributed by atoms with E-state index in [4.69, 9.17) is 4.74 Å². The van der Waals surface area contributed by atoms with E-state index in [1.54, 1.807) is 6.92 Å². The van der Waals surface area contributed by atoms with Crippen LogP contribution in [0, 0.1) is 5.82 Å². The van der Waals surface area contributed by atoms with Crippen molar-refractivity contribution in [3.8, 4) is 11.1 Å². The molecule has 2 amide bonds. The van der Waals surface area contributed by atoms with Gasteiger partial charge in [-0.25, -0.2) is 14.0 Å². The van der Waals surface area contributed by atoms with Gasteiger partial charge in [0, 0.05) is 17.2 Å². The molecule has 0 heterocycles. The number of anilines is 1. The monoisotopic (exact) mass is 476 g/mol. The molecule has 0 fully saturated rings. The van der Waals surface area contributed by atoms with Gasteiger partial charge >= 0.3 is 12.1 Å². The third-order valence-corrected chi connectivity index (χ3v) is 5.93. The van der Waals surface area contributed by atoms with Gasteiger partial charge in [0.1, 0.15) is 18.5 Å². The molecular weight excluding hydrogens is 451 g/mol. The number of carbonyl (C=O) groups is 3. The Bertz CT molecular complexity index is 1230. The zero-order chi connectivity index (χ0) is 24.9. The first-order valence-corrected chi connectivity index (χ1v) is 11.3. The van der Waals surface area contributed by atoms with Crippen LogP contribution < -0.4 is 10.6 Å². The molecule has 35 heavy (non-hydrogen) atoms. The summed E-state index contributed by atoms with van der Waals surface area (Å²) in [5.41, 5.74) is 4.23. The van der Waals surface area contributed by atoms with Crippen LogP contribution in [0.25, 0.3) is 11.1 Å². The standard InChI is InChI=1S/C27H25FN2O5/c1-2-7-24(26(32)33)30-25(31)16-12-17(28)14-18(13-16)29-27(34)35-15-23-21-10-5-3-8-19(21)20-9-4-6-11-22(20)23/h3-6,8-14,23-24H,2,7,15H2,1H3,(H,29,34)(H,30,31)(H,32,33). The number of nitrogens with one attached hydrogen (secondary N) is 2. The molecule has 1 atom stereocenters. The summed E-state index contributed by atoms with van der Waals surface area (Å²) >= 11 is 0. The first-order valence-electron chi connectivity index (χ1n) is 11.3. The molecule has 3 N–H and O–H groups in total. The molecule has 1 unspecified atom stereocenters. The van der Waals surface area contributed by atoms with Crippen LogP contribution in [0.3, 0.4) is 0 Å². The SMILES string of the molecule is CCCC(NC(=O)c1cc(F)cc(NC(=O)OCC2c3ccccc3-c3ccccc32)c1)C(=O)O. The molecule has 3 aromatic rings. The number of fused-ring (bicyclic) bond motifs is 3. The van der Waals surface area contributed by atoms with E-state index < -0.39 is 29.8 Å².